The molecule has 1 saturated heterocycles. The molecule has 0 radical (unpaired) electrons. The zero-order chi connectivity index (χ0) is 13.8. The van der Waals surface area contributed by atoms with E-state index in [0.29, 0.717) is 19.0 Å². The zero-order valence-corrected chi connectivity index (χ0v) is 11.7. The number of amides is 1. The van der Waals surface area contributed by atoms with Crippen LogP contribution in [0.15, 0.2) is 0 Å². The average Bonchev–Trinajstić information content (AvgIpc) is 2.88. The Hall–Kier alpha value is -1.43. The number of piperidine rings is 1. The van der Waals surface area contributed by atoms with Crippen LogP contribution >= 0.6 is 0 Å². The normalized spacial score (nSPS) is 23.6. The predicted octanol–water partition coefficient (Wildman–Crippen LogP) is 0.957. The van der Waals surface area contributed by atoms with Gasteiger partial charge in [-0.2, -0.15) is 0 Å². The third-order valence-corrected chi connectivity index (χ3v) is 3.78. The molecule has 6 heteroatoms. The Balaban J connectivity index is 2.08. The molecule has 6 nitrogen and oxygen atoms in total. The molecular formula is C13H23N5O. The second kappa shape index (κ2) is 6.14. The summed E-state index contributed by atoms with van der Waals surface area (Å²) in [6.07, 6.45) is 3.90. The molecule has 0 aromatic carbocycles. The molecule has 0 spiro atoms. The lowest BCUT2D eigenvalue weighted by Gasteiger charge is -2.37. The van der Waals surface area contributed by atoms with E-state index in [9.17, 15) is 4.79 Å². The average molecular weight is 265 g/mol. The van der Waals surface area contributed by atoms with Crippen molar-refractivity contribution in [3.63, 3.8) is 0 Å². The second-order valence-electron chi connectivity index (χ2n) is 5.34. The van der Waals surface area contributed by atoms with Crippen molar-refractivity contribution in [3.05, 3.63) is 11.6 Å². The standard InChI is InChI=1S/C13H23N5O/c1-3-4-11-15-12(17-16-11)13(19)18-8-10(7-14)6-5-9(18)2/h9-10H,3-8,14H2,1-2H3,(H,15,16,17). The van der Waals surface area contributed by atoms with Crippen molar-refractivity contribution in [3.8, 4) is 0 Å². The molecule has 2 heterocycles. The lowest BCUT2D eigenvalue weighted by molar-refractivity contribution is 0.0554. The number of carbonyl (C=O) groups is 1. The van der Waals surface area contributed by atoms with Crippen molar-refractivity contribution in [1.29, 1.82) is 0 Å². The van der Waals surface area contributed by atoms with Crippen LogP contribution in [0.5, 0.6) is 0 Å². The molecule has 1 aromatic heterocycles. The van der Waals surface area contributed by atoms with Gasteiger partial charge in [0.05, 0.1) is 0 Å². The molecule has 3 N–H and O–H groups in total. The van der Waals surface area contributed by atoms with Gasteiger partial charge < -0.3 is 10.6 Å². The van der Waals surface area contributed by atoms with Gasteiger partial charge in [-0.25, -0.2) is 4.98 Å². The van der Waals surface area contributed by atoms with Gasteiger partial charge in [-0.15, -0.1) is 5.10 Å². The molecule has 1 aliphatic heterocycles. The van der Waals surface area contributed by atoms with E-state index in [2.05, 4.69) is 29.0 Å². The predicted molar refractivity (Wildman–Crippen MR) is 72.7 cm³/mol. The smallest absolute Gasteiger partial charge is 0.293 e. The first-order valence-corrected chi connectivity index (χ1v) is 7.08. The highest BCUT2D eigenvalue weighted by molar-refractivity contribution is 5.90. The maximum absolute atomic E-state index is 12.4. The van der Waals surface area contributed by atoms with E-state index in [4.69, 9.17) is 5.73 Å². The molecular weight excluding hydrogens is 242 g/mol. The van der Waals surface area contributed by atoms with E-state index in [1.807, 2.05) is 4.90 Å². The van der Waals surface area contributed by atoms with Crippen molar-refractivity contribution in [2.75, 3.05) is 13.1 Å². The summed E-state index contributed by atoms with van der Waals surface area (Å²) >= 11 is 0. The molecule has 2 rings (SSSR count). The summed E-state index contributed by atoms with van der Waals surface area (Å²) in [6, 6.07) is 0.239. The van der Waals surface area contributed by atoms with Gasteiger partial charge in [-0.3, -0.25) is 9.89 Å². The zero-order valence-electron chi connectivity index (χ0n) is 11.7. The summed E-state index contributed by atoms with van der Waals surface area (Å²) < 4.78 is 0. The first kappa shape index (κ1) is 14.0. The number of nitrogens with zero attached hydrogens (tertiary/aromatic N) is 3. The maximum atomic E-state index is 12.4. The highest BCUT2D eigenvalue weighted by Crippen LogP contribution is 2.22. The lowest BCUT2D eigenvalue weighted by atomic mass is 9.93. The Morgan fingerprint density at radius 3 is 3.00 bits per heavy atom. The maximum Gasteiger partial charge on any atom is 0.293 e. The largest absolute Gasteiger partial charge is 0.333 e. The summed E-state index contributed by atoms with van der Waals surface area (Å²) in [5.41, 5.74) is 5.72. The van der Waals surface area contributed by atoms with Gasteiger partial charge in [0.25, 0.3) is 5.91 Å². The van der Waals surface area contributed by atoms with Crippen LogP contribution in [0.25, 0.3) is 0 Å². The Morgan fingerprint density at radius 2 is 2.32 bits per heavy atom. The van der Waals surface area contributed by atoms with Gasteiger partial charge in [0.2, 0.25) is 5.82 Å². The number of aromatic amines is 1. The van der Waals surface area contributed by atoms with Crippen molar-refractivity contribution in [2.24, 2.45) is 11.7 Å². The van der Waals surface area contributed by atoms with E-state index in [1.54, 1.807) is 0 Å². The van der Waals surface area contributed by atoms with Gasteiger partial charge in [-0.05, 0) is 38.6 Å². The highest BCUT2D eigenvalue weighted by atomic mass is 16.2. The van der Waals surface area contributed by atoms with Crippen molar-refractivity contribution in [2.45, 2.75) is 45.6 Å². The van der Waals surface area contributed by atoms with Gasteiger partial charge in [0, 0.05) is 19.0 Å². The topological polar surface area (TPSA) is 87.9 Å². The first-order chi connectivity index (χ1) is 9.15. The minimum absolute atomic E-state index is 0.0794. The SMILES string of the molecule is CCCc1nc(C(=O)N2CC(CN)CCC2C)n[nH]1. The summed E-state index contributed by atoms with van der Waals surface area (Å²) in [6.45, 7) is 5.49. The minimum atomic E-state index is -0.0794. The van der Waals surface area contributed by atoms with Gasteiger partial charge in [-0.1, -0.05) is 6.92 Å². The summed E-state index contributed by atoms with van der Waals surface area (Å²) in [7, 11) is 0. The van der Waals surface area contributed by atoms with Gasteiger partial charge in [0.15, 0.2) is 0 Å². The number of nitrogens with two attached hydrogens (primary N) is 1. The molecule has 2 unspecified atom stereocenters. The number of likely N-dealkylation sites (tertiary alicyclic amines) is 1. The number of hydrogen-bond donors (Lipinski definition) is 2. The third kappa shape index (κ3) is 3.12. The van der Waals surface area contributed by atoms with Crippen LogP contribution in [0.3, 0.4) is 0 Å². The number of H-pyrrole nitrogens is 1. The van der Waals surface area contributed by atoms with E-state index in [-0.39, 0.29) is 17.8 Å². The molecule has 1 fully saturated rings. The van der Waals surface area contributed by atoms with E-state index >= 15 is 0 Å². The van der Waals surface area contributed by atoms with E-state index in [1.165, 1.54) is 0 Å². The molecule has 0 aliphatic carbocycles. The molecule has 19 heavy (non-hydrogen) atoms. The minimum Gasteiger partial charge on any atom is -0.333 e. The van der Waals surface area contributed by atoms with Crippen LogP contribution in [0.1, 0.15) is 49.6 Å². The Bertz CT molecular complexity index is 430. The number of nitrogens with one attached hydrogen (secondary N) is 1. The first-order valence-electron chi connectivity index (χ1n) is 7.08. The summed E-state index contributed by atoms with van der Waals surface area (Å²) in [5.74, 6) is 1.39. The summed E-state index contributed by atoms with van der Waals surface area (Å²) in [5, 5.41) is 6.87. The highest BCUT2D eigenvalue weighted by Gasteiger charge is 2.30. The molecule has 2 atom stereocenters. The lowest BCUT2D eigenvalue weighted by Crippen LogP contribution is -2.47. The molecule has 1 aliphatic rings. The van der Waals surface area contributed by atoms with Gasteiger partial charge in [0.1, 0.15) is 5.82 Å². The fraction of sp³-hybridized carbons (Fsp3) is 0.769. The molecule has 0 bridgehead atoms. The van der Waals surface area contributed by atoms with E-state index in [0.717, 1.165) is 31.5 Å². The van der Waals surface area contributed by atoms with Crippen LogP contribution < -0.4 is 5.73 Å². The Labute approximate surface area is 113 Å². The second-order valence-corrected chi connectivity index (χ2v) is 5.34. The van der Waals surface area contributed by atoms with Crippen LogP contribution in [0.4, 0.5) is 0 Å². The molecule has 0 saturated carbocycles. The number of rotatable bonds is 4. The number of hydrogen-bond acceptors (Lipinski definition) is 4. The Kier molecular flexibility index (Phi) is 4.52. The van der Waals surface area contributed by atoms with Crippen LogP contribution in [-0.4, -0.2) is 45.1 Å². The molecule has 1 aromatic rings. The van der Waals surface area contributed by atoms with Crippen molar-refractivity contribution < 1.29 is 4.79 Å². The Morgan fingerprint density at radius 1 is 1.53 bits per heavy atom. The van der Waals surface area contributed by atoms with Crippen molar-refractivity contribution >= 4 is 5.91 Å². The number of aromatic nitrogens is 3. The number of aryl methyl sites for hydroxylation is 1. The third-order valence-electron chi connectivity index (χ3n) is 3.78. The fourth-order valence-electron chi connectivity index (χ4n) is 2.53. The van der Waals surface area contributed by atoms with E-state index < -0.39 is 0 Å². The van der Waals surface area contributed by atoms with Crippen LogP contribution in [0, 0.1) is 5.92 Å². The van der Waals surface area contributed by atoms with Crippen molar-refractivity contribution in [1.82, 2.24) is 20.1 Å². The fourth-order valence-corrected chi connectivity index (χ4v) is 2.53. The van der Waals surface area contributed by atoms with Gasteiger partial charge >= 0.3 is 0 Å². The molecule has 106 valence electrons. The quantitative estimate of drug-likeness (QED) is 0.848. The molecule has 1 amide bonds. The monoisotopic (exact) mass is 265 g/mol. The van der Waals surface area contributed by atoms with Crippen LogP contribution in [0.2, 0.25) is 0 Å². The summed E-state index contributed by atoms with van der Waals surface area (Å²) in [4.78, 5) is 18.6. The number of carbonyl (C=O) groups excluding carboxylic acids is 1. The van der Waals surface area contributed by atoms with Crippen LogP contribution in [-0.2, 0) is 6.42 Å².